The number of carboxylic acid groups (broad SMARTS) is 1. The van der Waals surface area contributed by atoms with Gasteiger partial charge in [0.1, 0.15) is 17.4 Å². The number of piperidine rings is 1. The molecule has 1 aliphatic rings. The molecular weight excluding hydrogens is 488 g/mol. The number of hydrogen-bond acceptors (Lipinski definition) is 6. The molecule has 184 valence electrons. The quantitative estimate of drug-likeness (QED) is 0.401. The summed E-state index contributed by atoms with van der Waals surface area (Å²) in [7, 11) is -3.36. The van der Waals surface area contributed by atoms with Crippen molar-refractivity contribution in [2.75, 3.05) is 24.3 Å². The second-order valence-corrected chi connectivity index (χ2v) is 11.3. The van der Waals surface area contributed by atoms with Gasteiger partial charge in [-0.2, -0.15) is 0 Å². The molecule has 0 radical (unpaired) electrons. The SMILES string of the molecule is O=C(O)c1ccc(CN2CCCC(S(=O)(=O)CNc3ccc(Oc4ccc(Cl)cc4)cc3)C2)cc1. The van der Waals surface area contributed by atoms with Crippen LogP contribution in [0.15, 0.2) is 72.8 Å². The number of nitrogens with one attached hydrogen (secondary N) is 1. The fraction of sp³-hybridized carbons (Fsp3) is 0.269. The molecule has 1 aliphatic heterocycles. The van der Waals surface area contributed by atoms with E-state index in [9.17, 15) is 13.2 Å². The second kappa shape index (κ2) is 11.1. The van der Waals surface area contributed by atoms with Crippen LogP contribution >= 0.6 is 11.6 Å². The maximum atomic E-state index is 13.0. The molecule has 0 aliphatic carbocycles. The van der Waals surface area contributed by atoms with Gasteiger partial charge >= 0.3 is 5.97 Å². The molecule has 0 amide bonds. The summed E-state index contributed by atoms with van der Waals surface area (Å²) in [5.41, 5.74) is 1.90. The molecule has 2 N–H and O–H groups in total. The Bertz CT molecular complexity index is 1250. The summed E-state index contributed by atoms with van der Waals surface area (Å²) in [5, 5.41) is 12.3. The minimum atomic E-state index is -3.36. The van der Waals surface area contributed by atoms with Crippen molar-refractivity contribution in [3.63, 3.8) is 0 Å². The molecule has 1 fully saturated rings. The number of nitrogens with zero attached hydrogens (tertiary/aromatic N) is 1. The summed E-state index contributed by atoms with van der Waals surface area (Å²) in [6.45, 7) is 1.86. The van der Waals surface area contributed by atoms with Crippen molar-refractivity contribution >= 4 is 33.1 Å². The minimum Gasteiger partial charge on any atom is -0.478 e. The van der Waals surface area contributed by atoms with E-state index in [2.05, 4.69) is 10.2 Å². The van der Waals surface area contributed by atoms with Crippen LogP contribution < -0.4 is 10.1 Å². The predicted octanol–water partition coefficient (Wildman–Crippen LogP) is 5.28. The number of likely N-dealkylation sites (tertiary alicyclic amines) is 1. The molecule has 1 saturated heterocycles. The normalized spacial score (nSPS) is 16.5. The van der Waals surface area contributed by atoms with Gasteiger partial charge in [-0.1, -0.05) is 23.7 Å². The number of carbonyl (C=O) groups is 1. The zero-order chi connectivity index (χ0) is 24.8. The van der Waals surface area contributed by atoms with Crippen LogP contribution in [-0.2, 0) is 16.4 Å². The maximum absolute atomic E-state index is 13.0. The highest BCUT2D eigenvalue weighted by Gasteiger charge is 2.30. The van der Waals surface area contributed by atoms with E-state index in [1.54, 1.807) is 72.8 Å². The van der Waals surface area contributed by atoms with E-state index in [0.717, 1.165) is 18.5 Å². The molecule has 1 unspecified atom stereocenters. The van der Waals surface area contributed by atoms with Gasteiger partial charge in [0, 0.05) is 23.8 Å². The number of sulfone groups is 1. The fourth-order valence-corrected chi connectivity index (χ4v) is 5.74. The van der Waals surface area contributed by atoms with Gasteiger partial charge < -0.3 is 15.2 Å². The Balaban J connectivity index is 1.30. The Morgan fingerprint density at radius 3 is 2.26 bits per heavy atom. The van der Waals surface area contributed by atoms with Crippen molar-refractivity contribution in [1.29, 1.82) is 0 Å². The average Bonchev–Trinajstić information content (AvgIpc) is 2.86. The van der Waals surface area contributed by atoms with Crippen molar-refractivity contribution < 1.29 is 23.1 Å². The van der Waals surface area contributed by atoms with E-state index in [4.69, 9.17) is 21.4 Å². The van der Waals surface area contributed by atoms with Crippen LogP contribution in [0.2, 0.25) is 5.02 Å². The van der Waals surface area contributed by atoms with Crippen LogP contribution in [-0.4, -0.2) is 48.6 Å². The summed E-state index contributed by atoms with van der Waals surface area (Å²) >= 11 is 5.89. The Hall–Kier alpha value is -3.07. The first kappa shape index (κ1) is 25.0. The molecule has 3 aromatic rings. The molecule has 0 spiro atoms. The van der Waals surface area contributed by atoms with E-state index < -0.39 is 21.1 Å². The van der Waals surface area contributed by atoms with Gasteiger partial charge in [0.05, 0.1) is 10.8 Å². The number of benzene rings is 3. The minimum absolute atomic E-state index is 0.143. The highest BCUT2D eigenvalue weighted by Crippen LogP contribution is 2.25. The van der Waals surface area contributed by atoms with E-state index in [1.165, 1.54) is 0 Å². The second-order valence-electron chi connectivity index (χ2n) is 8.57. The molecule has 9 heteroatoms. The van der Waals surface area contributed by atoms with E-state index >= 15 is 0 Å². The van der Waals surface area contributed by atoms with E-state index in [1.807, 2.05) is 0 Å². The zero-order valence-corrected chi connectivity index (χ0v) is 20.6. The average molecular weight is 515 g/mol. The predicted molar refractivity (Wildman–Crippen MR) is 137 cm³/mol. The summed E-state index contributed by atoms with van der Waals surface area (Å²) in [5.74, 6) is 0.199. The number of hydrogen-bond donors (Lipinski definition) is 2. The first-order chi connectivity index (χ1) is 16.8. The third-order valence-electron chi connectivity index (χ3n) is 5.96. The van der Waals surface area contributed by atoms with Gasteiger partial charge in [-0.25, -0.2) is 13.2 Å². The molecule has 1 atom stereocenters. The third kappa shape index (κ3) is 6.97. The number of aromatic carboxylic acids is 1. The molecule has 7 nitrogen and oxygen atoms in total. The summed E-state index contributed by atoms with van der Waals surface area (Å²) in [6.07, 6.45) is 1.43. The summed E-state index contributed by atoms with van der Waals surface area (Å²) in [4.78, 5) is 13.1. The van der Waals surface area contributed by atoms with Crippen molar-refractivity contribution in [3.05, 3.63) is 88.9 Å². The van der Waals surface area contributed by atoms with Gasteiger partial charge in [-0.05, 0) is 85.6 Å². The Morgan fingerprint density at radius 2 is 1.63 bits per heavy atom. The lowest BCUT2D eigenvalue weighted by Crippen LogP contribution is -2.43. The Labute approximate surface area is 210 Å². The lowest BCUT2D eigenvalue weighted by Gasteiger charge is -2.32. The van der Waals surface area contributed by atoms with Gasteiger partial charge in [0.15, 0.2) is 9.84 Å². The molecule has 0 bridgehead atoms. The molecular formula is C26H27ClN2O5S. The van der Waals surface area contributed by atoms with Crippen LogP contribution in [0.4, 0.5) is 5.69 Å². The van der Waals surface area contributed by atoms with Crippen LogP contribution in [0, 0.1) is 0 Å². The van der Waals surface area contributed by atoms with Crippen molar-refractivity contribution in [2.45, 2.75) is 24.6 Å². The number of ether oxygens (including phenoxy) is 1. The van der Waals surface area contributed by atoms with Crippen LogP contribution in [0.1, 0.15) is 28.8 Å². The zero-order valence-electron chi connectivity index (χ0n) is 19.1. The van der Waals surface area contributed by atoms with Crippen LogP contribution in [0.25, 0.3) is 0 Å². The largest absolute Gasteiger partial charge is 0.478 e. The van der Waals surface area contributed by atoms with E-state index in [-0.39, 0.29) is 11.4 Å². The first-order valence-electron chi connectivity index (χ1n) is 11.3. The molecule has 35 heavy (non-hydrogen) atoms. The highest BCUT2D eigenvalue weighted by molar-refractivity contribution is 7.92. The molecule has 4 rings (SSSR count). The summed E-state index contributed by atoms with van der Waals surface area (Å²) < 4.78 is 31.8. The van der Waals surface area contributed by atoms with Crippen molar-refractivity contribution in [1.82, 2.24) is 4.90 Å². The first-order valence-corrected chi connectivity index (χ1v) is 13.4. The number of rotatable bonds is 9. The number of halogens is 1. The smallest absolute Gasteiger partial charge is 0.335 e. The van der Waals surface area contributed by atoms with Crippen molar-refractivity contribution in [2.24, 2.45) is 0 Å². The summed E-state index contributed by atoms with van der Waals surface area (Å²) in [6, 6.07) is 20.9. The van der Waals surface area contributed by atoms with Crippen LogP contribution in [0.3, 0.4) is 0 Å². The van der Waals surface area contributed by atoms with Crippen LogP contribution in [0.5, 0.6) is 11.5 Å². The highest BCUT2D eigenvalue weighted by atomic mass is 35.5. The maximum Gasteiger partial charge on any atom is 0.335 e. The lowest BCUT2D eigenvalue weighted by molar-refractivity contribution is 0.0697. The molecule has 3 aromatic carbocycles. The fourth-order valence-electron chi connectivity index (χ4n) is 4.04. The topological polar surface area (TPSA) is 95.9 Å². The standard InChI is InChI=1S/C26H27ClN2O5S/c27-21-7-11-23(12-8-21)34-24-13-9-22(10-14-24)28-18-35(32,33)25-2-1-15-29(17-25)16-19-3-5-20(6-4-19)26(30)31/h3-14,25,28H,1-2,15-18H2,(H,30,31). The van der Waals surface area contributed by atoms with Crippen molar-refractivity contribution in [3.8, 4) is 11.5 Å². The van der Waals surface area contributed by atoms with E-state index in [0.29, 0.717) is 41.7 Å². The van der Waals surface area contributed by atoms with Gasteiger partial charge in [0.25, 0.3) is 0 Å². The number of carboxylic acids is 1. The van der Waals surface area contributed by atoms with Gasteiger partial charge in [-0.3, -0.25) is 4.90 Å². The Kier molecular flexibility index (Phi) is 7.95. The van der Waals surface area contributed by atoms with Gasteiger partial charge in [0.2, 0.25) is 0 Å². The third-order valence-corrected chi connectivity index (χ3v) is 8.16. The number of anilines is 1. The van der Waals surface area contributed by atoms with Gasteiger partial charge in [-0.15, -0.1) is 0 Å². The molecule has 1 heterocycles. The molecule has 0 saturated carbocycles. The Morgan fingerprint density at radius 1 is 1.00 bits per heavy atom. The lowest BCUT2D eigenvalue weighted by atomic mass is 10.1. The monoisotopic (exact) mass is 514 g/mol. The molecule has 0 aromatic heterocycles.